The Hall–Kier alpha value is -1.35. The first-order valence-corrected chi connectivity index (χ1v) is 5.99. The summed E-state index contributed by atoms with van der Waals surface area (Å²) in [5, 5.41) is 2.98. The lowest BCUT2D eigenvalue weighted by Crippen LogP contribution is -2.33. The summed E-state index contributed by atoms with van der Waals surface area (Å²) in [6.45, 7) is 5.79. The van der Waals surface area contributed by atoms with E-state index < -0.39 is 0 Å². The van der Waals surface area contributed by atoms with Gasteiger partial charge in [-0.1, -0.05) is 25.1 Å². The monoisotopic (exact) mass is 234 g/mol. The van der Waals surface area contributed by atoms with Crippen LogP contribution in [0.1, 0.15) is 22.8 Å². The summed E-state index contributed by atoms with van der Waals surface area (Å²) in [5.74, 6) is 0.478. The molecule has 0 radical (unpaired) electrons. The van der Waals surface area contributed by atoms with Gasteiger partial charge in [0.25, 0.3) is 5.91 Å². The number of carbonyl (C=O) groups is 1. The zero-order valence-electron chi connectivity index (χ0n) is 11.2. The third kappa shape index (κ3) is 4.57. The highest BCUT2D eigenvalue weighted by atomic mass is 16.1. The van der Waals surface area contributed by atoms with E-state index in [1.807, 2.05) is 45.3 Å². The average molecular weight is 234 g/mol. The summed E-state index contributed by atoms with van der Waals surface area (Å²) in [5.41, 5.74) is 1.79. The first-order valence-electron chi connectivity index (χ1n) is 5.99. The molecule has 3 nitrogen and oxygen atoms in total. The van der Waals surface area contributed by atoms with E-state index in [0.29, 0.717) is 12.5 Å². The highest BCUT2D eigenvalue weighted by molar-refractivity contribution is 5.95. The molecule has 0 saturated carbocycles. The normalized spacial score (nSPS) is 12.5. The molecule has 1 aromatic carbocycles. The smallest absolute Gasteiger partial charge is 0.251 e. The van der Waals surface area contributed by atoms with Gasteiger partial charge in [0.2, 0.25) is 0 Å². The minimum absolute atomic E-state index is 0.0220. The number of nitrogens with zero attached hydrogens (tertiary/aromatic N) is 1. The molecule has 0 bridgehead atoms. The minimum Gasteiger partial charge on any atom is -0.352 e. The van der Waals surface area contributed by atoms with E-state index in [-0.39, 0.29) is 5.91 Å². The molecule has 0 saturated heterocycles. The first-order chi connectivity index (χ1) is 8.00. The SMILES string of the molecule is Cc1ccccc1C(=O)NC[C@@H](C)CN(C)C. The quantitative estimate of drug-likeness (QED) is 0.844. The Morgan fingerprint density at radius 1 is 1.35 bits per heavy atom. The lowest BCUT2D eigenvalue weighted by atomic mass is 10.1. The molecule has 94 valence electrons. The number of rotatable bonds is 5. The number of nitrogens with one attached hydrogen (secondary N) is 1. The average Bonchev–Trinajstić information content (AvgIpc) is 2.25. The molecule has 0 aliphatic rings. The third-order valence-corrected chi connectivity index (χ3v) is 2.68. The summed E-state index contributed by atoms with van der Waals surface area (Å²) in [6, 6.07) is 7.66. The highest BCUT2D eigenvalue weighted by Gasteiger charge is 2.09. The van der Waals surface area contributed by atoms with Gasteiger partial charge in [0.05, 0.1) is 0 Å². The Balaban J connectivity index is 2.48. The first kappa shape index (κ1) is 13.7. The van der Waals surface area contributed by atoms with Crippen LogP contribution in [-0.2, 0) is 0 Å². The van der Waals surface area contributed by atoms with Gasteiger partial charge < -0.3 is 10.2 Å². The van der Waals surface area contributed by atoms with Crippen LogP contribution in [0, 0.1) is 12.8 Å². The molecule has 0 aliphatic heterocycles. The third-order valence-electron chi connectivity index (χ3n) is 2.68. The van der Waals surface area contributed by atoms with E-state index in [1.54, 1.807) is 0 Å². The van der Waals surface area contributed by atoms with Crippen LogP contribution in [0.2, 0.25) is 0 Å². The van der Waals surface area contributed by atoms with Crippen molar-refractivity contribution in [1.82, 2.24) is 10.2 Å². The molecule has 0 aliphatic carbocycles. The van der Waals surface area contributed by atoms with Crippen molar-refractivity contribution in [1.29, 1.82) is 0 Å². The van der Waals surface area contributed by atoms with Gasteiger partial charge in [0.1, 0.15) is 0 Å². The zero-order valence-corrected chi connectivity index (χ0v) is 11.2. The largest absolute Gasteiger partial charge is 0.352 e. The highest BCUT2D eigenvalue weighted by Crippen LogP contribution is 2.06. The molecule has 1 rings (SSSR count). The fourth-order valence-corrected chi connectivity index (χ4v) is 1.88. The van der Waals surface area contributed by atoms with Gasteiger partial charge in [-0.05, 0) is 38.6 Å². The Morgan fingerprint density at radius 2 is 2.00 bits per heavy atom. The fraction of sp³-hybridized carbons (Fsp3) is 0.500. The van der Waals surface area contributed by atoms with Gasteiger partial charge in [-0.15, -0.1) is 0 Å². The van der Waals surface area contributed by atoms with Crippen molar-refractivity contribution >= 4 is 5.91 Å². The maximum Gasteiger partial charge on any atom is 0.251 e. The molecule has 17 heavy (non-hydrogen) atoms. The zero-order chi connectivity index (χ0) is 12.8. The summed E-state index contributed by atoms with van der Waals surface area (Å²) in [4.78, 5) is 14.1. The molecular formula is C14H22N2O. The van der Waals surface area contributed by atoms with Gasteiger partial charge in [-0.3, -0.25) is 4.79 Å². The predicted molar refractivity (Wildman–Crippen MR) is 71.2 cm³/mol. The Labute approximate surface area is 104 Å². The minimum atomic E-state index is 0.0220. The maximum atomic E-state index is 11.9. The lowest BCUT2D eigenvalue weighted by molar-refractivity contribution is 0.0945. The van der Waals surface area contributed by atoms with E-state index in [9.17, 15) is 4.79 Å². The van der Waals surface area contributed by atoms with Crippen molar-refractivity contribution in [2.45, 2.75) is 13.8 Å². The van der Waals surface area contributed by atoms with E-state index in [2.05, 4.69) is 17.1 Å². The van der Waals surface area contributed by atoms with Crippen LogP contribution in [0.4, 0.5) is 0 Å². The molecule has 0 fully saturated rings. The van der Waals surface area contributed by atoms with Crippen LogP contribution in [0.5, 0.6) is 0 Å². The molecule has 1 atom stereocenters. The molecule has 1 aromatic rings. The van der Waals surface area contributed by atoms with E-state index >= 15 is 0 Å². The van der Waals surface area contributed by atoms with Gasteiger partial charge in [0, 0.05) is 18.7 Å². The van der Waals surface area contributed by atoms with Crippen molar-refractivity contribution in [3.63, 3.8) is 0 Å². The number of aryl methyl sites for hydroxylation is 1. The van der Waals surface area contributed by atoms with Gasteiger partial charge in [-0.2, -0.15) is 0 Å². The van der Waals surface area contributed by atoms with Crippen molar-refractivity contribution in [2.24, 2.45) is 5.92 Å². The number of amides is 1. The molecule has 1 N–H and O–H groups in total. The number of hydrogen-bond acceptors (Lipinski definition) is 2. The Kier molecular flexibility index (Phi) is 5.16. The molecule has 0 unspecified atom stereocenters. The standard InChI is InChI=1S/C14H22N2O/c1-11(10-16(3)4)9-15-14(17)13-8-6-5-7-12(13)2/h5-8,11H,9-10H2,1-4H3,(H,15,17)/t11-/m1/s1. The van der Waals surface area contributed by atoms with E-state index in [1.165, 1.54) is 0 Å². The second-order valence-electron chi connectivity index (χ2n) is 4.89. The molecule has 0 spiro atoms. The van der Waals surface area contributed by atoms with Crippen LogP contribution in [0.15, 0.2) is 24.3 Å². The van der Waals surface area contributed by atoms with E-state index in [0.717, 1.165) is 17.7 Å². The maximum absolute atomic E-state index is 11.9. The number of benzene rings is 1. The molecule has 0 aromatic heterocycles. The van der Waals surface area contributed by atoms with Gasteiger partial charge in [-0.25, -0.2) is 0 Å². The fourth-order valence-electron chi connectivity index (χ4n) is 1.88. The van der Waals surface area contributed by atoms with Crippen LogP contribution in [0.25, 0.3) is 0 Å². The number of hydrogen-bond donors (Lipinski definition) is 1. The van der Waals surface area contributed by atoms with E-state index in [4.69, 9.17) is 0 Å². The van der Waals surface area contributed by atoms with Crippen LogP contribution >= 0.6 is 0 Å². The summed E-state index contributed by atoms with van der Waals surface area (Å²) >= 11 is 0. The van der Waals surface area contributed by atoms with Gasteiger partial charge in [0.15, 0.2) is 0 Å². The summed E-state index contributed by atoms with van der Waals surface area (Å²) < 4.78 is 0. The van der Waals surface area contributed by atoms with Crippen molar-refractivity contribution in [3.05, 3.63) is 35.4 Å². The Bertz CT molecular complexity index is 374. The van der Waals surface area contributed by atoms with Crippen molar-refractivity contribution in [2.75, 3.05) is 27.2 Å². The topological polar surface area (TPSA) is 32.3 Å². The second-order valence-corrected chi connectivity index (χ2v) is 4.89. The lowest BCUT2D eigenvalue weighted by Gasteiger charge is -2.17. The molecule has 1 amide bonds. The Morgan fingerprint density at radius 3 is 2.59 bits per heavy atom. The number of carbonyl (C=O) groups excluding carboxylic acids is 1. The van der Waals surface area contributed by atoms with Gasteiger partial charge >= 0.3 is 0 Å². The van der Waals surface area contributed by atoms with Crippen molar-refractivity contribution < 1.29 is 4.79 Å². The molecular weight excluding hydrogens is 212 g/mol. The van der Waals surface area contributed by atoms with Crippen LogP contribution < -0.4 is 5.32 Å². The predicted octanol–water partition coefficient (Wildman–Crippen LogP) is 1.92. The second kappa shape index (κ2) is 6.40. The molecule has 3 heteroatoms. The van der Waals surface area contributed by atoms with Crippen LogP contribution in [0.3, 0.4) is 0 Å². The summed E-state index contributed by atoms with van der Waals surface area (Å²) in [6.07, 6.45) is 0. The molecule has 0 heterocycles. The van der Waals surface area contributed by atoms with Crippen molar-refractivity contribution in [3.8, 4) is 0 Å². The van der Waals surface area contributed by atoms with Crippen LogP contribution in [-0.4, -0.2) is 38.0 Å². The summed E-state index contributed by atoms with van der Waals surface area (Å²) in [7, 11) is 4.08.